The Morgan fingerprint density at radius 3 is 2.00 bits per heavy atom. The number of rotatable bonds is 0. The van der Waals surface area contributed by atoms with Crippen molar-refractivity contribution in [3.05, 3.63) is 24.8 Å². The molecule has 1 aromatic heterocycles. The minimum absolute atomic E-state index is 0. The molecule has 31 valence electrons. The standard InChI is InChI=1S/C4H4N2.H/c1-2-5-4-6-3-1;/h1-4H;/i;1+2. The zero-order valence-corrected chi connectivity index (χ0v) is 3.20. The van der Waals surface area contributed by atoms with Gasteiger partial charge in [-0.15, -0.1) is 0 Å². The van der Waals surface area contributed by atoms with Crippen molar-refractivity contribution in [1.29, 1.82) is 0 Å². The highest BCUT2D eigenvalue weighted by Crippen LogP contribution is 1.66. The fourth-order valence-corrected chi connectivity index (χ4v) is 0.253. The summed E-state index contributed by atoms with van der Waals surface area (Å²) in [5.41, 5.74) is 0. The van der Waals surface area contributed by atoms with Gasteiger partial charge in [0.1, 0.15) is 6.33 Å². The van der Waals surface area contributed by atoms with Crippen LogP contribution in [0.1, 0.15) is 1.43 Å². The lowest BCUT2D eigenvalue weighted by Crippen LogP contribution is -1.66. The third-order valence-corrected chi connectivity index (χ3v) is 0.478. The lowest BCUT2D eigenvalue weighted by atomic mass is 10.7. The minimum Gasteiger partial charge on any atom is -0.245 e. The number of hydrogen-bond acceptors (Lipinski definition) is 2. The second-order valence-corrected chi connectivity index (χ2v) is 0.904. The third kappa shape index (κ3) is 0.516. The van der Waals surface area contributed by atoms with Gasteiger partial charge in [-0.1, -0.05) is 0 Å². The molecule has 0 aliphatic heterocycles. The van der Waals surface area contributed by atoms with Crippen molar-refractivity contribution in [1.82, 2.24) is 9.97 Å². The quantitative estimate of drug-likeness (QED) is 0.458. The van der Waals surface area contributed by atoms with Gasteiger partial charge in [0.15, 0.2) is 0 Å². The first-order valence-electron chi connectivity index (χ1n) is 1.70. The molecule has 1 rings (SSSR count). The van der Waals surface area contributed by atoms with E-state index in [1.165, 1.54) is 6.33 Å². The Kier molecular flexibility index (Phi) is 0.819. The molecule has 0 fully saturated rings. The van der Waals surface area contributed by atoms with Gasteiger partial charge in [0.2, 0.25) is 0 Å². The summed E-state index contributed by atoms with van der Waals surface area (Å²) < 4.78 is 0. The van der Waals surface area contributed by atoms with Crippen LogP contribution in [0, 0.1) is 0 Å². The van der Waals surface area contributed by atoms with Crippen molar-refractivity contribution >= 4 is 0 Å². The van der Waals surface area contributed by atoms with Crippen LogP contribution in [0.4, 0.5) is 0 Å². The third-order valence-electron chi connectivity index (χ3n) is 0.478. The van der Waals surface area contributed by atoms with Gasteiger partial charge < -0.3 is 0 Å². The smallest absolute Gasteiger partial charge is 0.115 e. The molecule has 1 heterocycles. The maximum Gasteiger partial charge on any atom is 0.115 e. The van der Waals surface area contributed by atoms with Gasteiger partial charge in [0.25, 0.3) is 0 Å². The summed E-state index contributed by atoms with van der Waals surface area (Å²) >= 11 is 0. The van der Waals surface area contributed by atoms with E-state index >= 15 is 0 Å². The zero-order chi connectivity index (χ0) is 4.24. The predicted molar refractivity (Wildman–Crippen MR) is 23.1 cm³/mol. The lowest BCUT2D eigenvalue weighted by Gasteiger charge is -1.70. The van der Waals surface area contributed by atoms with Crippen LogP contribution in [0.5, 0.6) is 0 Å². The molecule has 0 bridgehead atoms. The summed E-state index contributed by atoms with van der Waals surface area (Å²) in [5, 5.41) is 0. The Hall–Kier alpha value is -0.920. The van der Waals surface area contributed by atoms with Crippen molar-refractivity contribution < 1.29 is 1.43 Å². The number of hydrogen-bond donors (Lipinski definition) is 0. The maximum atomic E-state index is 3.67. The summed E-state index contributed by atoms with van der Waals surface area (Å²) in [5.74, 6) is 0. The van der Waals surface area contributed by atoms with E-state index in [2.05, 4.69) is 9.97 Å². The van der Waals surface area contributed by atoms with Crippen LogP contribution in [-0.2, 0) is 0 Å². The molecule has 2 heteroatoms. The summed E-state index contributed by atoms with van der Waals surface area (Å²) in [6.07, 6.45) is 4.88. The summed E-state index contributed by atoms with van der Waals surface area (Å²) in [6.45, 7) is 0. The molecule has 0 spiro atoms. The molecule has 0 aromatic carbocycles. The molecule has 0 amide bonds. The molecule has 0 unspecified atom stereocenters. The van der Waals surface area contributed by atoms with E-state index in [-0.39, 0.29) is 1.43 Å². The second-order valence-electron chi connectivity index (χ2n) is 0.904. The molecule has 0 aliphatic rings. The Balaban J connectivity index is 0.000000360. The predicted octanol–water partition coefficient (Wildman–Crippen LogP) is 0.589. The van der Waals surface area contributed by atoms with Crippen LogP contribution in [0.3, 0.4) is 0 Å². The highest BCUT2D eigenvalue weighted by Gasteiger charge is 1.59. The number of nitrogens with zero attached hydrogens (tertiary/aromatic N) is 2. The van der Waals surface area contributed by atoms with Crippen LogP contribution in [0.25, 0.3) is 0 Å². The van der Waals surface area contributed by atoms with Crippen molar-refractivity contribution in [3.8, 4) is 0 Å². The molecule has 0 saturated carbocycles. The van der Waals surface area contributed by atoms with E-state index in [4.69, 9.17) is 0 Å². The molecule has 1 aromatic rings. The van der Waals surface area contributed by atoms with E-state index in [1.807, 2.05) is 0 Å². The second kappa shape index (κ2) is 1.50. The van der Waals surface area contributed by atoms with Crippen LogP contribution in [0.2, 0.25) is 0 Å². The Morgan fingerprint density at radius 1 is 1.17 bits per heavy atom. The maximum absolute atomic E-state index is 3.67. The molecule has 0 atom stereocenters. The highest BCUT2D eigenvalue weighted by atomic mass is 14.8. The molecule has 2 nitrogen and oxygen atoms in total. The Morgan fingerprint density at radius 2 is 1.83 bits per heavy atom. The zero-order valence-electron chi connectivity index (χ0n) is 4.20. The first kappa shape index (κ1) is 3.28. The average Bonchev–Trinajstić information content (AvgIpc) is 1.72. The molecule has 0 saturated heterocycles. The van der Waals surface area contributed by atoms with E-state index in [0.717, 1.165) is 0 Å². The molecular formula is C4H5N2. The van der Waals surface area contributed by atoms with Crippen molar-refractivity contribution in [3.63, 3.8) is 0 Å². The average molecular weight is 83.1 g/mol. The fraction of sp³-hybridized carbons (Fsp3) is 0. The molecule has 0 aliphatic carbocycles. The van der Waals surface area contributed by atoms with Crippen molar-refractivity contribution in [2.45, 2.75) is 0 Å². The highest BCUT2D eigenvalue weighted by molar-refractivity contribution is 4.74. The molecule has 1 radical (unpaired) electrons. The number of aromatic nitrogens is 2. The topological polar surface area (TPSA) is 25.8 Å². The van der Waals surface area contributed by atoms with Crippen molar-refractivity contribution in [2.75, 3.05) is 0 Å². The van der Waals surface area contributed by atoms with Gasteiger partial charge in [-0.25, -0.2) is 9.97 Å². The van der Waals surface area contributed by atoms with Gasteiger partial charge >= 0.3 is 0 Å². The van der Waals surface area contributed by atoms with Crippen LogP contribution < -0.4 is 0 Å². The van der Waals surface area contributed by atoms with Gasteiger partial charge in [-0.05, 0) is 6.07 Å². The van der Waals surface area contributed by atoms with Gasteiger partial charge in [-0.2, -0.15) is 0 Å². The van der Waals surface area contributed by atoms with E-state index in [1.54, 1.807) is 18.5 Å². The summed E-state index contributed by atoms with van der Waals surface area (Å²) in [6, 6.07) is 1.78. The van der Waals surface area contributed by atoms with Crippen LogP contribution in [0.15, 0.2) is 24.8 Å². The largest absolute Gasteiger partial charge is 0.245 e. The molecular weight excluding hydrogens is 76.1 g/mol. The molecule has 6 heavy (non-hydrogen) atoms. The fourth-order valence-electron chi connectivity index (χ4n) is 0.253. The Bertz CT molecular complexity index is 81.6. The van der Waals surface area contributed by atoms with E-state index in [9.17, 15) is 0 Å². The van der Waals surface area contributed by atoms with E-state index in [0.29, 0.717) is 0 Å². The van der Waals surface area contributed by atoms with Gasteiger partial charge in [0.05, 0.1) is 0 Å². The van der Waals surface area contributed by atoms with E-state index < -0.39 is 0 Å². The summed E-state index contributed by atoms with van der Waals surface area (Å²) in [7, 11) is 0. The van der Waals surface area contributed by atoms with Crippen molar-refractivity contribution in [2.24, 2.45) is 0 Å². The van der Waals surface area contributed by atoms with Crippen LogP contribution in [-0.4, -0.2) is 9.97 Å². The summed E-state index contributed by atoms with van der Waals surface area (Å²) in [4.78, 5) is 7.35. The van der Waals surface area contributed by atoms with Gasteiger partial charge in [0, 0.05) is 13.8 Å². The lowest BCUT2D eigenvalue weighted by molar-refractivity contribution is 1.17. The first-order chi connectivity index (χ1) is 3.00. The normalized spacial score (nSPS) is 8.00. The first-order valence-corrected chi connectivity index (χ1v) is 1.70. The SMILES string of the molecule is [3H].c1cncnc1. The molecule has 0 N–H and O–H groups in total. The monoisotopic (exact) mass is 83.1 g/mol. The van der Waals surface area contributed by atoms with Gasteiger partial charge in [-0.3, -0.25) is 0 Å². The van der Waals surface area contributed by atoms with Crippen LogP contribution >= 0.6 is 0 Å². The minimum atomic E-state index is 0. The Labute approximate surface area is 37.4 Å².